The van der Waals surface area contributed by atoms with Crippen molar-refractivity contribution in [1.29, 1.82) is 0 Å². The molecule has 0 aliphatic rings. The minimum atomic E-state index is 0.278. The number of hydrogen-bond donors (Lipinski definition) is 1. The molecule has 0 aliphatic carbocycles. The largest absolute Gasteiger partial charge is 0.491 e. The first kappa shape index (κ1) is 13.5. The van der Waals surface area contributed by atoms with Crippen LogP contribution in [0.1, 0.15) is 26.7 Å². The third kappa shape index (κ3) is 5.52. The first-order chi connectivity index (χ1) is 7.72. The highest BCUT2D eigenvalue weighted by molar-refractivity contribution is 9.10. The molecule has 16 heavy (non-hydrogen) atoms. The van der Waals surface area contributed by atoms with Gasteiger partial charge in [0.25, 0.3) is 0 Å². The van der Waals surface area contributed by atoms with Crippen molar-refractivity contribution in [3.8, 4) is 5.75 Å². The molecule has 0 spiro atoms. The van der Waals surface area contributed by atoms with Crippen molar-refractivity contribution in [2.75, 3.05) is 13.1 Å². The second-order valence-electron chi connectivity index (χ2n) is 3.88. The summed E-state index contributed by atoms with van der Waals surface area (Å²) in [6, 6.07) is 7.98. The van der Waals surface area contributed by atoms with Crippen molar-refractivity contribution in [3.05, 3.63) is 28.7 Å². The molecular weight excluding hydrogens is 266 g/mol. The summed E-state index contributed by atoms with van der Waals surface area (Å²) < 4.78 is 6.88. The van der Waals surface area contributed by atoms with Crippen LogP contribution < -0.4 is 10.1 Å². The Morgan fingerprint density at radius 3 is 2.62 bits per heavy atom. The van der Waals surface area contributed by atoms with E-state index in [1.807, 2.05) is 24.3 Å². The van der Waals surface area contributed by atoms with Crippen LogP contribution in [0.2, 0.25) is 0 Å². The molecule has 2 nitrogen and oxygen atoms in total. The van der Waals surface area contributed by atoms with Gasteiger partial charge in [-0.2, -0.15) is 0 Å². The fourth-order valence-electron chi connectivity index (χ4n) is 1.50. The lowest BCUT2D eigenvalue weighted by molar-refractivity contribution is 0.207. The van der Waals surface area contributed by atoms with Gasteiger partial charge in [-0.3, -0.25) is 0 Å². The molecular formula is C13H20BrNO. The van der Waals surface area contributed by atoms with Gasteiger partial charge in [0.2, 0.25) is 0 Å². The van der Waals surface area contributed by atoms with Gasteiger partial charge in [-0.05, 0) is 57.1 Å². The number of benzene rings is 1. The lowest BCUT2D eigenvalue weighted by Gasteiger charge is -2.14. The number of rotatable bonds is 7. The minimum Gasteiger partial charge on any atom is -0.491 e. The summed E-state index contributed by atoms with van der Waals surface area (Å²) >= 11 is 3.41. The molecule has 1 N–H and O–H groups in total. The number of nitrogens with one attached hydrogen (secondary N) is 1. The maximum Gasteiger partial charge on any atom is 0.119 e. The number of ether oxygens (including phenoxy) is 1. The smallest absolute Gasteiger partial charge is 0.119 e. The molecule has 0 heterocycles. The fourth-order valence-corrected chi connectivity index (χ4v) is 1.76. The summed E-state index contributed by atoms with van der Waals surface area (Å²) in [5.41, 5.74) is 0. The Labute approximate surface area is 107 Å². The summed E-state index contributed by atoms with van der Waals surface area (Å²) in [6.07, 6.45) is 2.52. The highest BCUT2D eigenvalue weighted by Gasteiger charge is 2.03. The molecule has 1 aromatic carbocycles. The van der Waals surface area contributed by atoms with Crippen LogP contribution in [0.15, 0.2) is 28.7 Å². The second kappa shape index (κ2) is 7.69. The summed E-state index contributed by atoms with van der Waals surface area (Å²) in [5.74, 6) is 0.944. The molecule has 0 aromatic heterocycles. The van der Waals surface area contributed by atoms with Crippen molar-refractivity contribution in [2.45, 2.75) is 32.8 Å². The summed E-state index contributed by atoms with van der Waals surface area (Å²) in [5, 5.41) is 3.31. The van der Waals surface area contributed by atoms with E-state index in [1.54, 1.807) is 0 Å². The van der Waals surface area contributed by atoms with E-state index in [1.165, 1.54) is 0 Å². The van der Waals surface area contributed by atoms with E-state index in [9.17, 15) is 0 Å². The van der Waals surface area contributed by atoms with Gasteiger partial charge in [-0.15, -0.1) is 0 Å². The van der Waals surface area contributed by atoms with Gasteiger partial charge >= 0.3 is 0 Å². The van der Waals surface area contributed by atoms with Gasteiger partial charge in [0.15, 0.2) is 0 Å². The molecule has 0 bridgehead atoms. The van der Waals surface area contributed by atoms with Crippen LogP contribution in [0, 0.1) is 0 Å². The third-order valence-corrected chi connectivity index (χ3v) is 2.89. The molecule has 0 amide bonds. The molecule has 3 heteroatoms. The van der Waals surface area contributed by atoms with E-state index in [-0.39, 0.29) is 6.10 Å². The first-order valence-electron chi connectivity index (χ1n) is 5.85. The summed E-state index contributed by atoms with van der Waals surface area (Å²) in [6.45, 7) is 6.36. The Balaban J connectivity index is 2.23. The van der Waals surface area contributed by atoms with Gasteiger partial charge < -0.3 is 10.1 Å². The number of hydrogen-bond acceptors (Lipinski definition) is 2. The number of halogens is 1. The fraction of sp³-hybridized carbons (Fsp3) is 0.538. The molecule has 0 fully saturated rings. The topological polar surface area (TPSA) is 21.3 Å². The lowest BCUT2D eigenvalue weighted by Crippen LogP contribution is -2.18. The zero-order chi connectivity index (χ0) is 11.8. The molecule has 0 radical (unpaired) electrons. The highest BCUT2D eigenvalue weighted by Crippen LogP contribution is 2.18. The standard InChI is InChI=1S/C13H20BrNO/c1-3-15-10-4-5-11(2)16-13-8-6-12(14)7-9-13/h6-9,11,15H,3-5,10H2,1-2H3. The van der Waals surface area contributed by atoms with Crippen LogP contribution >= 0.6 is 15.9 Å². The maximum atomic E-state index is 5.80. The quantitative estimate of drug-likeness (QED) is 0.773. The lowest BCUT2D eigenvalue weighted by atomic mass is 10.2. The zero-order valence-corrected chi connectivity index (χ0v) is 11.6. The molecule has 90 valence electrons. The van der Waals surface area contributed by atoms with Crippen molar-refractivity contribution in [2.24, 2.45) is 0 Å². The van der Waals surface area contributed by atoms with Crippen LogP contribution in [0.5, 0.6) is 5.75 Å². The SMILES string of the molecule is CCNCCCC(C)Oc1ccc(Br)cc1. The minimum absolute atomic E-state index is 0.278. The monoisotopic (exact) mass is 285 g/mol. The van der Waals surface area contributed by atoms with Gasteiger partial charge in [-0.25, -0.2) is 0 Å². The van der Waals surface area contributed by atoms with Crippen LogP contribution in [0.25, 0.3) is 0 Å². The van der Waals surface area contributed by atoms with E-state index in [0.29, 0.717) is 0 Å². The molecule has 1 unspecified atom stereocenters. The van der Waals surface area contributed by atoms with E-state index in [0.717, 1.165) is 36.2 Å². The predicted octanol–water partition coefficient (Wildman–Crippen LogP) is 3.61. The van der Waals surface area contributed by atoms with Gasteiger partial charge in [-0.1, -0.05) is 22.9 Å². The van der Waals surface area contributed by atoms with E-state index in [2.05, 4.69) is 35.1 Å². The Kier molecular flexibility index (Phi) is 6.50. The van der Waals surface area contributed by atoms with E-state index < -0.39 is 0 Å². The summed E-state index contributed by atoms with van der Waals surface area (Å²) in [7, 11) is 0. The first-order valence-corrected chi connectivity index (χ1v) is 6.64. The van der Waals surface area contributed by atoms with Gasteiger partial charge in [0.05, 0.1) is 6.10 Å². The predicted molar refractivity (Wildman–Crippen MR) is 72.0 cm³/mol. The van der Waals surface area contributed by atoms with Crippen LogP contribution in [-0.2, 0) is 0 Å². The van der Waals surface area contributed by atoms with Crippen molar-refractivity contribution >= 4 is 15.9 Å². The van der Waals surface area contributed by atoms with Crippen LogP contribution in [0.3, 0.4) is 0 Å². The molecule has 0 aliphatic heterocycles. The highest BCUT2D eigenvalue weighted by atomic mass is 79.9. The maximum absolute atomic E-state index is 5.80. The molecule has 0 saturated carbocycles. The third-order valence-electron chi connectivity index (χ3n) is 2.37. The molecule has 1 rings (SSSR count). The average Bonchev–Trinajstić information content (AvgIpc) is 2.28. The summed E-state index contributed by atoms with van der Waals surface area (Å²) in [4.78, 5) is 0. The zero-order valence-electron chi connectivity index (χ0n) is 10.0. The Morgan fingerprint density at radius 1 is 1.31 bits per heavy atom. The Hall–Kier alpha value is -0.540. The average molecular weight is 286 g/mol. The normalized spacial score (nSPS) is 12.4. The van der Waals surface area contributed by atoms with Crippen LogP contribution in [-0.4, -0.2) is 19.2 Å². The second-order valence-corrected chi connectivity index (χ2v) is 4.79. The molecule has 0 saturated heterocycles. The Morgan fingerprint density at radius 2 is 2.00 bits per heavy atom. The molecule has 1 atom stereocenters. The van der Waals surface area contributed by atoms with E-state index >= 15 is 0 Å². The molecule has 1 aromatic rings. The van der Waals surface area contributed by atoms with Crippen molar-refractivity contribution in [3.63, 3.8) is 0 Å². The van der Waals surface area contributed by atoms with Crippen molar-refractivity contribution < 1.29 is 4.74 Å². The van der Waals surface area contributed by atoms with Crippen molar-refractivity contribution in [1.82, 2.24) is 5.32 Å². The van der Waals surface area contributed by atoms with Gasteiger partial charge in [0.1, 0.15) is 5.75 Å². The van der Waals surface area contributed by atoms with Crippen LogP contribution in [0.4, 0.5) is 0 Å². The Bertz CT molecular complexity index is 286. The van der Waals surface area contributed by atoms with Gasteiger partial charge in [0, 0.05) is 4.47 Å². The van der Waals surface area contributed by atoms with E-state index in [4.69, 9.17) is 4.74 Å².